The largest absolute Gasteiger partial charge is 0.493 e. The van der Waals surface area contributed by atoms with Crippen LogP contribution in [0.1, 0.15) is 6.92 Å². The van der Waals surface area contributed by atoms with Gasteiger partial charge in [0.1, 0.15) is 17.9 Å². The second kappa shape index (κ2) is 8.05. The van der Waals surface area contributed by atoms with Gasteiger partial charge in [0.05, 0.1) is 18.6 Å². The van der Waals surface area contributed by atoms with Gasteiger partial charge in [-0.1, -0.05) is 12.1 Å². The van der Waals surface area contributed by atoms with E-state index in [9.17, 15) is 8.42 Å². The average Bonchev–Trinajstić information content (AvgIpc) is 2.63. The molecule has 0 radical (unpaired) electrons. The number of sulfonamides is 1. The van der Waals surface area contributed by atoms with Crippen molar-refractivity contribution >= 4 is 27.2 Å². The maximum absolute atomic E-state index is 11.3. The lowest BCUT2D eigenvalue weighted by Crippen LogP contribution is -2.09. The van der Waals surface area contributed by atoms with Crippen molar-refractivity contribution in [2.24, 2.45) is 0 Å². The van der Waals surface area contributed by atoms with E-state index in [2.05, 4.69) is 20.0 Å². The van der Waals surface area contributed by atoms with E-state index in [1.165, 1.54) is 6.33 Å². The molecule has 0 aliphatic heterocycles. The molecule has 0 unspecified atom stereocenters. The molecular formula is C19H20N4O3S. The lowest BCUT2D eigenvalue weighted by Gasteiger charge is -2.11. The third kappa shape index (κ3) is 5.18. The van der Waals surface area contributed by atoms with Crippen LogP contribution in [0.5, 0.6) is 5.75 Å². The van der Waals surface area contributed by atoms with Crippen molar-refractivity contribution in [2.75, 3.05) is 22.9 Å². The molecule has 0 amide bonds. The highest BCUT2D eigenvalue weighted by Gasteiger charge is 2.08. The maximum atomic E-state index is 11.3. The first-order valence-electron chi connectivity index (χ1n) is 8.34. The Morgan fingerprint density at radius 2 is 1.70 bits per heavy atom. The van der Waals surface area contributed by atoms with Crippen LogP contribution in [-0.2, 0) is 10.0 Å². The Morgan fingerprint density at radius 1 is 1.00 bits per heavy atom. The number of anilines is 3. The molecule has 7 nitrogen and oxygen atoms in total. The predicted octanol–water partition coefficient (Wildman–Crippen LogP) is 3.66. The van der Waals surface area contributed by atoms with Crippen LogP contribution in [0.4, 0.5) is 17.2 Å². The van der Waals surface area contributed by atoms with E-state index in [-0.39, 0.29) is 0 Å². The molecule has 3 rings (SSSR count). The fourth-order valence-corrected chi connectivity index (χ4v) is 3.08. The zero-order valence-corrected chi connectivity index (χ0v) is 15.8. The number of hydrogen-bond acceptors (Lipinski definition) is 6. The highest BCUT2D eigenvalue weighted by molar-refractivity contribution is 7.92. The molecule has 0 aliphatic carbocycles. The van der Waals surface area contributed by atoms with Crippen LogP contribution in [-0.4, -0.2) is 31.2 Å². The summed E-state index contributed by atoms with van der Waals surface area (Å²) in [6.07, 6.45) is 2.60. The molecule has 0 aliphatic rings. The van der Waals surface area contributed by atoms with Crippen LogP contribution in [0.2, 0.25) is 0 Å². The Hall–Kier alpha value is -3.13. The molecule has 3 aromatic rings. The Morgan fingerprint density at radius 3 is 2.41 bits per heavy atom. The molecule has 0 atom stereocenters. The lowest BCUT2D eigenvalue weighted by molar-refractivity contribution is 0.341. The summed E-state index contributed by atoms with van der Waals surface area (Å²) in [5, 5.41) is 3.19. The zero-order chi connectivity index (χ0) is 19.3. The van der Waals surface area contributed by atoms with Crippen LogP contribution < -0.4 is 14.8 Å². The minimum absolute atomic E-state index is 0.497. The number of para-hydroxylation sites is 1. The number of rotatable bonds is 7. The van der Waals surface area contributed by atoms with Gasteiger partial charge >= 0.3 is 0 Å². The van der Waals surface area contributed by atoms with Crippen molar-refractivity contribution in [1.29, 1.82) is 0 Å². The van der Waals surface area contributed by atoms with Gasteiger partial charge in [-0.25, -0.2) is 18.4 Å². The fourth-order valence-electron chi connectivity index (χ4n) is 2.52. The summed E-state index contributed by atoms with van der Waals surface area (Å²) in [6, 6.07) is 16.4. The number of hydrogen-bond donors (Lipinski definition) is 2. The minimum atomic E-state index is -3.30. The summed E-state index contributed by atoms with van der Waals surface area (Å²) >= 11 is 0. The maximum Gasteiger partial charge on any atom is 0.229 e. The van der Waals surface area contributed by atoms with Crippen molar-refractivity contribution in [3.63, 3.8) is 0 Å². The van der Waals surface area contributed by atoms with E-state index in [1.807, 2.05) is 37.3 Å². The number of nitrogens with zero attached hydrogens (tertiary/aromatic N) is 2. The highest BCUT2D eigenvalue weighted by Crippen LogP contribution is 2.29. The van der Waals surface area contributed by atoms with Gasteiger partial charge in [0.25, 0.3) is 0 Å². The van der Waals surface area contributed by atoms with Crippen molar-refractivity contribution in [1.82, 2.24) is 9.97 Å². The minimum Gasteiger partial charge on any atom is -0.493 e. The molecular weight excluding hydrogens is 364 g/mol. The summed E-state index contributed by atoms with van der Waals surface area (Å²) in [7, 11) is -3.30. The predicted molar refractivity (Wildman–Crippen MR) is 107 cm³/mol. The second-order valence-electron chi connectivity index (χ2n) is 5.79. The second-order valence-corrected chi connectivity index (χ2v) is 7.54. The van der Waals surface area contributed by atoms with E-state index in [4.69, 9.17) is 4.74 Å². The number of nitrogens with one attached hydrogen (secondary N) is 2. The number of ether oxygens (including phenoxy) is 1. The quantitative estimate of drug-likeness (QED) is 0.646. The standard InChI is InChI=1S/C19H20N4O3S/c1-3-26-18-7-5-4-6-16(18)17-12-19(21-13-20-17)22-14-8-10-15(11-9-14)23-27(2,24)25/h4-13,23H,3H2,1-2H3,(H,20,21,22). The third-order valence-electron chi connectivity index (χ3n) is 3.59. The van der Waals surface area contributed by atoms with Crippen LogP contribution in [0.25, 0.3) is 11.3 Å². The summed E-state index contributed by atoms with van der Waals surface area (Å²) in [6.45, 7) is 2.51. The summed E-state index contributed by atoms with van der Waals surface area (Å²) < 4.78 is 30.6. The molecule has 2 aromatic carbocycles. The molecule has 27 heavy (non-hydrogen) atoms. The number of benzene rings is 2. The SMILES string of the molecule is CCOc1ccccc1-c1cc(Nc2ccc(NS(C)(=O)=O)cc2)ncn1. The molecule has 0 bridgehead atoms. The molecule has 140 valence electrons. The lowest BCUT2D eigenvalue weighted by atomic mass is 10.1. The van der Waals surface area contributed by atoms with E-state index < -0.39 is 10.0 Å². The van der Waals surface area contributed by atoms with E-state index in [0.717, 1.165) is 29.0 Å². The van der Waals surface area contributed by atoms with Crippen LogP contribution in [0.3, 0.4) is 0 Å². The smallest absolute Gasteiger partial charge is 0.229 e. The van der Waals surface area contributed by atoms with E-state index in [1.54, 1.807) is 24.3 Å². The van der Waals surface area contributed by atoms with Gasteiger partial charge in [0, 0.05) is 23.0 Å². The van der Waals surface area contributed by atoms with Crippen molar-refractivity contribution in [3.8, 4) is 17.0 Å². The normalized spacial score (nSPS) is 11.0. The van der Waals surface area contributed by atoms with Crippen LogP contribution >= 0.6 is 0 Å². The van der Waals surface area contributed by atoms with Crippen molar-refractivity contribution < 1.29 is 13.2 Å². The van der Waals surface area contributed by atoms with Crippen LogP contribution in [0.15, 0.2) is 60.9 Å². The zero-order valence-electron chi connectivity index (χ0n) is 15.0. The molecule has 0 saturated heterocycles. The third-order valence-corrected chi connectivity index (χ3v) is 4.20. The van der Waals surface area contributed by atoms with Crippen molar-refractivity contribution in [2.45, 2.75) is 6.92 Å². The Bertz CT molecular complexity index is 1020. The van der Waals surface area contributed by atoms with E-state index in [0.29, 0.717) is 18.1 Å². The molecule has 8 heteroatoms. The van der Waals surface area contributed by atoms with Gasteiger partial charge in [-0.15, -0.1) is 0 Å². The van der Waals surface area contributed by atoms with Gasteiger partial charge < -0.3 is 10.1 Å². The van der Waals surface area contributed by atoms with Crippen LogP contribution in [0, 0.1) is 0 Å². The first-order chi connectivity index (χ1) is 12.9. The van der Waals surface area contributed by atoms with Gasteiger partial charge in [-0.05, 0) is 43.3 Å². The summed E-state index contributed by atoms with van der Waals surface area (Å²) in [4.78, 5) is 8.58. The van der Waals surface area contributed by atoms with Gasteiger partial charge in [-0.3, -0.25) is 4.72 Å². The van der Waals surface area contributed by atoms with E-state index >= 15 is 0 Å². The molecule has 0 fully saturated rings. The highest BCUT2D eigenvalue weighted by atomic mass is 32.2. The molecule has 0 saturated carbocycles. The summed E-state index contributed by atoms with van der Waals surface area (Å²) in [5.74, 6) is 1.39. The Labute approximate surface area is 158 Å². The first-order valence-corrected chi connectivity index (χ1v) is 10.2. The van der Waals surface area contributed by atoms with Gasteiger partial charge in [0.2, 0.25) is 10.0 Å². The van der Waals surface area contributed by atoms with Gasteiger partial charge in [-0.2, -0.15) is 0 Å². The summed E-state index contributed by atoms with van der Waals surface area (Å²) in [5.41, 5.74) is 2.90. The topological polar surface area (TPSA) is 93.2 Å². The molecule has 1 heterocycles. The van der Waals surface area contributed by atoms with Gasteiger partial charge in [0.15, 0.2) is 0 Å². The fraction of sp³-hybridized carbons (Fsp3) is 0.158. The van der Waals surface area contributed by atoms with Crippen molar-refractivity contribution in [3.05, 3.63) is 60.9 Å². The Balaban J connectivity index is 1.80. The first kappa shape index (κ1) is 18.7. The molecule has 1 aromatic heterocycles. The number of aromatic nitrogens is 2. The Kier molecular flexibility index (Phi) is 5.56. The monoisotopic (exact) mass is 384 g/mol. The molecule has 0 spiro atoms. The molecule has 2 N–H and O–H groups in total. The average molecular weight is 384 g/mol.